The minimum Gasteiger partial charge on any atom is -0.508 e. The summed E-state index contributed by atoms with van der Waals surface area (Å²) < 4.78 is 0. The maximum Gasteiger partial charge on any atom is 0.115 e. The highest BCUT2D eigenvalue weighted by Gasteiger charge is 1.74. The molecule has 0 heterocycles. The van der Waals surface area contributed by atoms with Crippen molar-refractivity contribution in [1.29, 1.82) is 0 Å². The van der Waals surface area contributed by atoms with Gasteiger partial charge in [0.05, 0.1) is 0 Å². The fourth-order valence-corrected chi connectivity index (χ4v) is 0.428. The standard InChI is InChI=1S/C6H6O.2H2S/c7-6-4-2-1-3-5-6;;/h1-5,7H;2*1H2. The highest BCUT2D eigenvalue weighted by Crippen LogP contribution is 2.02. The second-order valence-corrected chi connectivity index (χ2v) is 1.34. The van der Waals surface area contributed by atoms with Crippen molar-refractivity contribution >= 4 is 27.0 Å². The van der Waals surface area contributed by atoms with Crippen molar-refractivity contribution in [2.75, 3.05) is 0 Å². The molecule has 0 spiro atoms. The summed E-state index contributed by atoms with van der Waals surface area (Å²) in [7, 11) is 0. The Morgan fingerprint density at radius 3 is 1.56 bits per heavy atom. The molecule has 0 amide bonds. The Morgan fingerprint density at radius 2 is 1.33 bits per heavy atom. The van der Waals surface area contributed by atoms with Gasteiger partial charge in [-0.25, -0.2) is 0 Å². The first-order valence-corrected chi connectivity index (χ1v) is 2.13. The molecule has 0 aliphatic carbocycles. The number of benzene rings is 1. The first kappa shape index (κ1) is 11.5. The summed E-state index contributed by atoms with van der Waals surface area (Å²) in [5, 5.41) is 8.63. The van der Waals surface area contributed by atoms with E-state index in [1.165, 1.54) is 0 Å². The smallest absolute Gasteiger partial charge is 0.115 e. The van der Waals surface area contributed by atoms with Crippen molar-refractivity contribution in [1.82, 2.24) is 0 Å². The van der Waals surface area contributed by atoms with E-state index in [1.54, 1.807) is 24.3 Å². The summed E-state index contributed by atoms with van der Waals surface area (Å²) in [6.07, 6.45) is 0. The molecule has 1 rings (SSSR count). The Balaban J connectivity index is 0. The average molecular weight is 162 g/mol. The fourth-order valence-electron chi connectivity index (χ4n) is 0.428. The normalized spacial score (nSPS) is 6.67. The van der Waals surface area contributed by atoms with Gasteiger partial charge in [-0.2, -0.15) is 27.0 Å². The molecule has 0 aliphatic rings. The van der Waals surface area contributed by atoms with Crippen LogP contribution in [0.15, 0.2) is 30.3 Å². The van der Waals surface area contributed by atoms with Crippen LogP contribution in [-0.4, -0.2) is 5.11 Å². The minimum absolute atomic E-state index is 0. The molecule has 52 valence electrons. The molecule has 1 N–H and O–H groups in total. The number of para-hydroxylation sites is 1. The van der Waals surface area contributed by atoms with Crippen LogP contribution in [0.5, 0.6) is 5.75 Å². The third-order valence-corrected chi connectivity index (χ3v) is 0.756. The van der Waals surface area contributed by atoms with Gasteiger partial charge in [0, 0.05) is 0 Å². The molecule has 3 heteroatoms. The van der Waals surface area contributed by atoms with Crippen molar-refractivity contribution < 1.29 is 5.11 Å². The maximum absolute atomic E-state index is 8.63. The summed E-state index contributed by atoms with van der Waals surface area (Å²) in [5.74, 6) is 0.322. The molecule has 0 radical (unpaired) electrons. The van der Waals surface area contributed by atoms with Crippen LogP contribution in [0.1, 0.15) is 0 Å². The third kappa shape index (κ3) is 4.24. The number of phenolic OH excluding ortho intramolecular Hbond substituents is 1. The second-order valence-electron chi connectivity index (χ2n) is 1.34. The van der Waals surface area contributed by atoms with Crippen LogP contribution in [0, 0.1) is 0 Å². The lowest BCUT2D eigenvalue weighted by molar-refractivity contribution is 0.475. The topological polar surface area (TPSA) is 20.2 Å². The van der Waals surface area contributed by atoms with E-state index in [2.05, 4.69) is 0 Å². The van der Waals surface area contributed by atoms with Gasteiger partial charge < -0.3 is 5.11 Å². The van der Waals surface area contributed by atoms with E-state index in [0.717, 1.165) is 0 Å². The zero-order valence-corrected chi connectivity index (χ0v) is 6.83. The van der Waals surface area contributed by atoms with E-state index in [9.17, 15) is 0 Å². The maximum atomic E-state index is 8.63. The SMILES string of the molecule is Oc1ccccc1.S.S. The number of hydrogen-bond acceptors (Lipinski definition) is 1. The van der Waals surface area contributed by atoms with Crippen molar-refractivity contribution in [2.45, 2.75) is 0 Å². The predicted octanol–water partition coefficient (Wildman–Crippen LogP) is 1.62. The molecule has 0 saturated heterocycles. The zero-order valence-electron chi connectivity index (χ0n) is 4.83. The van der Waals surface area contributed by atoms with Gasteiger partial charge >= 0.3 is 0 Å². The molecule has 0 aromatic heterocycles. The first-order chi connectivity index (χ1) is 3.39. The summed E-state index contributed by atoms with van der Waals surface area (Å²) in [5.41, 5.74) is 0. The Bertz CT molecular complexity index is 141. The Labute approximate surface area is 68.6 Å². The summed E-state index contributed by atoms with van der Waals surface area (Å²) in [6, 6.07) is 8.71. The first-order valence-electron chi connectivity index (χ1n) is 2.13. The number of aromatic hydroxyl groups is 1. The van der Waals surface area contributed by atoms with Crippen LogP contribution in [0.3, 0.4) is 0 Å². The second kappa shape index (κ2) is 5.85. The van der Waals surface area contributed by atoms with Crippen LogP contribution in [-0.2, 0) is 0 Å². The lowest BCUT2D eigenvalue weighted by atomic mass is 10.3. The van der Waals surface area contributed by atoms with E-state index >= 15 is 0 Å². The monoisotopic (exact) mass is 162 g/mol. The van der Waals surface area contributed by atoms with Crippen molar-refractivity contribution in [3.63, 3.8) is 0 Å². The molecule has 1 aromatic carbocycles. The lowest BCUT2D eigenvalue weighted by Crippen LogP contribution is -1.56. The summed E-state index contributed by atoms with van der Waals surface area (Å²) in [6.45, 7) is 0. The highest BCUT2D eigenvalue weighted by atomic mass is 32.1. The van der Waals surface area contributed by atoms with Gasteiger partial charge in [0.1, 0.15) is 5.75 Å². The molecule has 1 nitrogen and oxygen atoms in total. The third-order valence-electron chi connectivity index (χ3n) is 0.756. The summed E-state index contributed by atoms with van der Waals surface area (Å²) >= 11 is 0. The highest BCUT2D eigenvalue weighted by molar-refractivity contribution is 7.59. The quantitative estimate of drug-likeness (QED) is 0.614. The number of hydrogen-bond donors (Lipinski definition) is 1. The van der Waals surface area contributed by atoms with Crippen LogP contribution < -0.4 is 0 Å². The van der Waals surface area contributed by atoms with Crippen LogP contribution in [0.2, 0.25) is 0 Å². The molecule has 0 atom stereocenters. The van der Waals surface area contributed by atoms with Crippen molar-refractivity contribution in [3.05, 3.63) is 30.3 Å². The average Bonchev–Trinajstić information content (AvgIpc) is 1.69. The largest absolute Gasteiger partial charge is 0.508 e. The molecule has 9 heavy (non-hydrogen) atoms. The van der Waals surface area contributed by atoms with Crippen molar-refractivity contribution in [2.24, 2.45) is 0 Å². The van der Waals surface area contributed by atoms with Gasteiger partial charge in [0.25, 0.3) is 0 Å². The number of rotatable bonds is 0. The van der Waals surface area contributed by atoms with Gasteiger partial charge in [-0.15, -0.1) is 0 Å². The molecule has 0 aliphatic heterocycles. The van der Waals surface area contributed by atoms with Gasteiger partial charge in [0.15, 0.2) is 0 Å². The van der Waals surface area contributed by atoms with Crippen molar-refractivity contribution in [3.8, 4) is 5.75 Å². The van der Waals surface area contributed by atoms with Crippen LogP contribution >= 0.6 is 27.0 Å². The molecular formula is C6H10OS2. The van der Waals surface area contributed by atoms with Gasteiger partial charge in [-0.1, -0.05) is 18.2 Å². The number of phenols is 1. The lowest BCUT2D eigenvalue weighted by Gasteiger charge is -1.82. The van der Waals surface area contributed by atoms with E-state index in [4.69, 9.17) is 5.11 Å². The van der Waals surface area contributed by atoms with Gasteiger partial charge in [-0.05, 0) is 12.1 Å². The van der Waals surface area contributed by atoms with Gasteiger partial charge in [-0.3, -0.25) is 0 Å². The minimum atomic E-state index is 0. The van der Waals surface area contributed by atoms with E-state index in [-0.39, 0.29) is 27.0 Å². The summed E-state index contributed by atoms with van der Waals surface area (Å²) in [4.78, 5) is 0. The van der Waals surface area contributed by atoms with E-state index in [1.807, 2.05) is 6.07 Å². The Hall–Kier alpha value is -0.280. The van der Waals surface area contributed by atoms with Crippen LogP contribution in [0.25, 0.3) is 0 Å². The van der Waals surface area contributed by atoms with Gasteiger partial charge in [0.2, 0.25) is 0 Å². The zero-order chi connectivity index (χ0) is 5.11. The Kier molecular flexibility index (Phi) is 7.48. The molecule has 0 unspecified atom stereocenters. The molecule has 0 saturated carbocycles. The molecular weight excluding hydrogens is 152 g/mol. The Morgan fingerprint density at radius 1 is 0.889 bits per heavy atom. The predicted molar refractivity (Wildman–Crippen MR) is 48.9 cm³/mol. The van der Waals surface area contributed by atoms with E-state index < -0.39 is 0 Å². The van der Waals surface area contributed by atoms with Crippen LogP contribution in [0.4, 0.5) is 0 Å². The molecule has 0 bridgehead atoms. The van der Waals surface area contributed by atoms with E-state index in [0.29, 0.717) is 5.75 Å². The fraction of sp³-hybridized carbons (Fsp3) is 0. The molecule has 0 fully saturated rings. The molecule has 1 aromatic rings.